The van der Waals surface area contributed by atoms with Crippen LogP contribution in [0.2, 0.25) is 0 Å². The summed E-state index contributed by atoms with van der Waals surface area (Å²) in [4.78, 5) is 21.7. The molecule has 0 radical (unpaired) electrons. The maximum atomic E-state index is 13.0. The molecule has 5 heteroatoms. The van der Waals surface area contributed by atoms with E-state index < -0.39 is 6.16 Å². The first-order valence-corrected chi connectivity index (χ1v) is 14.7. The Morgan fingerprint density at radius 1 is 0.432 bits per heavy atom. The largest absolute Gasteiger partial charge is 0.522 e. The summed E-state index contributed by atoms with van der Waals surface area (Å²) in [6.07, 6.45) is 5.16. The lowest BCUT2D eigenvalue weighted by atomic mass is 9.99. The van der Waals surface area contributed by atoms with Gasteiger partial charge in [0.2, 0.25) is 11.8 Å². The van der Waals surface area contributed by atoms with Crippen molar-refractivity contribution in [2.24, 2.45) is 0 Å². The minimum atomic E-state index is -0.874. The van der Waals surface area contributed by atoms with Crippen LogP contribution >= 0.6 is 0 Å². The Morgan fingerprint density at radius 3 is 1.25 bits per heavy atom. The summed E-state index contributed by atoms with van der Waals surface area (Å²) in [5.41, 5.74) is 8.73. The Morgan fingerprint density at radius 2 is 0.818 bits per heavy atom. The highest BCUT2D eigenvalue weighted by Gasteiger charge is 2.17. The number of nitrogens with zero attached hydrogens (tertiary/aromatic N) is 2. The van der Waals surface area contributed by atoms with Gasteiger partial charge in [0.05, 0.1) is 0 Å². The molecule has 4 aromatic carbocycles. The molecule has 6 aromatic rings. The SMILES string of the molecule is O=C(Oc1ncccc1Cc1cccc(Cc2ccccc2)c1)Oc1ncccc1Cc1cccc(Cc2ccccc2)c1. The highest BCUT2D eigenvalue weighted by atomic mass is 16.7. The number of aromatic nitrogens is 2. The van der Waals surface area contributed by atoms with Gasteiger partial charge >= 0.3 is 6.16 Å². The summed E-state index contributed by atoms with van der Waals surface area (Å²) in [5.74, 6) is 0.439. The molecule has 0 aliphatic carbocycles. The van der Waals surface area contributed by atoms with E-state index in [-0.39, 0.29) is 11.8 Å². The van der Waals surface area contributed by atoms with Crippen LogP contribution in [0.15, 0.2) is 146 Å². The van der Waals surface area contributed by atoms with Crippen LogP contribution in [0.3, 0.4) is 0 Å². The molecule has 5 nitrogen and oxygen atoms in total. The maximum Gasteiger partial charge on any atom is 0.522 e. The van der Waals surface area contributed by atoms with Gasteiger partial charge in [0.15, 0.2) is 0 Å². The molecule has 0 spiro atoms. The highest BCUT2D eigenvalue weighted by Crippen LogP contribution is 2.24. The summed E-state index contributed by atoms with van der Waals surface area (Å²) < 4.78 is 11.3. The number of ether oxygens (including phenoxy) is 2. The zero-order valence-electron chi connectivity index (χ0n) is 24.3. The van der Waals surface area contributed by atoms with Gasteiger partial charge in [0.25, 0.3) is 0 Å². The van der Waals surface area contributed by atoms with E-state index in [2.05, 4.69) is 107 Å². The molecule has 44 heavy (non-hydrogen) atoms. The predicted octanol–water partition coefficient (Wildman–Crippen LogP) is 8.42. The quantitative estimate of drug-likeness (QED) is 0.153. The van der Waals surface area contributed by atoms with Crippen molar-refractivity contribution in [3.8, 4) is 11.8 Å². The Balaban J connectivity index is 1.12. The summed E-state index contributed by atoms with van der Waals surface area (Å²) in [6.45, 7) is 0. The topological polar surface area (TPSA) is 61.3 Å². The fourth-order valence-corrected chi connectivity index (χ4v) is 5.28. The number of carbonyl (C=O) groups is 1. The van der Waals surface area contributed by atoms with Crippen molar-refractivity contribution in [2.45, 2.75) is 25.7 Å². The first-order valence-electron chi connectivity index (χ1n) is 14.7. The average Bonchev–Trinajstić information content (AvgIpc) is 3.04. The van der Waals surface area contributed by atoms with Crippen LogP contribution in [0.25, 0.3) is 0 Å². The van der Waals surface area contributed by atoms with Crippen molar-refractivity contribution in [1.29, 1.82) is 0 Å². The first-order chi connectivity index (χ1) is 21.7. The molecule has 0 saturated heterocycles. The van der Waals surface area contributed by atoms with Crippen LogP contribution in [0.5, 0.6) is 11.8 Å². The molecule has 0 aliphatic heterocycles. The molecule has 0 saturated carbocycles. The number of hydrogen-bond acceptors (Lipinski definition) is 5. The lowest BCUT2D eigenvalue weighted by Crippen LogP contribution is -2.17. The van der Waals surface area contributed by atoms with Crippen LogP contribution in [0, 0.1) is 0 Å². The van der Waals surface area contributed by atoms with Gasteiger partial charge in [0.1, 0.15) is 0 Å². The molecular formula is C39H32N2O3. The third-order valence-corrected chi connectivity index (χ3v) is 7.33. The molecule has 2 aromatic heterocycles. The van der Waals surface area contributed by atoms with Gasteiger partial charge in [-0.25, -0.2) is 14.8 Å². The van der Waals surface area contributed by atoms with E-state index in [1.54, 1.807) is 12.4 Å². The molecular weight excluding hydrogens is 544 g/mol. The van der Waals surface area contributed by atoms with E-state index in [4.69, 9.17) is 9.47 Å². The minimum Gasteiger partial charge on any atom is -0.375 e. The smallest absolute Gasteiger partial charge is 0.375 e. The lowest BCUT2D eigenvalue weighted by Gasteiger charge is -2.12. The highest BCUT2D eigenvalue weighted by molar-refractivity contribution is 5.67. The van der Waals surface area contributed by atoms with E-state index in [0.717, 1.165) is 35.1 Å². The monoisotopic (exact) mass is 576 g/mol. The summed E-state index contributed by atoms with van der Waals surface area (Å²) in [6, 6.07) is 45.1. The number of benzene rings is 4. The third-order valence-electron chi connectivity index (χ3n) is 7.33. The number of pyridine rings is 2. The first kappa shape index (κ1) is 28.6. The molecule has 0 aliphatic rings. The molecule has 0 bridgehead atoms. The molecule has 0 unspecified atom stereocenters. The van der Waals surface area contributed by atoms with E-state index in [0.29, 0.717) is 12.8 Å². The molecule has 6 rings (SSSR count). The van der Waals surface area contributed by atoms with E-state index in [9.17, 15) is 4.79 Å². The van der Waals surface area contributed by atoms with E-state index in [1.165, 1.54) is 22.3 Å². The second kappa shape index (κ2) is 14.1. The van der Waals surface area contributed by atoms with Gasteiger partial charge in [-0.2, -0.15) is 0 Å². The number of carbonyl (C=O) groups excluding carboxylic acids is 1. The lowest BCUT2D eigenvalue weighted by molar-refractivity contribution is 0.147. The molecule has 0 fully saturated rings. The van der Waals surface area contributed by atoms with Crippen molar-refractivity contribution >= 4 is 6.16 Å². The van der Waals surface area contributed by atoms with Gasteiger partial charge in [-0.15, -0.1) is 0 Å². The van der Waals surface area contributed by atoms with Crippen LogP contribution in [-0.4, -0.2) is 16.1 Å². The Labute approximate surface area is 257 Å². The van der Waals surface area contributed by atoms with Gasteiger partial charge in [-0.05, 0) is 58.4 Å². The standard InChI is InChI=1S/C39H32N2O3/c42-39(43-37-35(19-9-21-40-37)27-33-17-7-15-31(25-33)23-29-11-3-1-4-12-29)44-38-36(20-10-22-41-38)28-34-18-8-16-32(26-34)24-30-13-5-2-6-14-30/h1-22,25-26H,23-24,27-28H2. The Bertz CT molecular complexity index is 1700. The van der Waals surface area contributed by atoms with Crippen LogP contribution in [0.1, 0.15) is 44.5 Å². The summed E-state index contributed by atoms with van der Waals surface area (Å²) in [5, 5.41) is 0. The molecule has 2 heterocycles. The van der Waals surface area contributed by atoms with Crippen LogP contribution in [0.4, 0.5) is 4.79 Å². The van der Waals surface area contributed by atoms with Crippen LogP contribution < -0.4 is 9.47 Å². The minimum absolute atomic E-state index is 0.219. The van der Waals surface area contributed by atoms with Crippen molar-refractivity contribution in [1.82, 2.24) is 9.97 Å². The van der Waals surface area contributed by atoms with Gasteiger partial charge in [-0.1, -0.05) is 121 Å². The van der Waals surface area contributed by atoms with E-state index >= 15 is 0 Å². The maximum absolute atomic E-state index is 13.0. The van der Waals surface area contributed by atoms with Crippen molar-refractivity contribution < 1.29 is 14.3 Å². The molecule has 0 atom stereocenters. The zero-order valence-corrected chi connectivity index (χ0v) is 24.3. The summed E-state index contributed by atoms with van der Waals surface area (Å²) >= 11 is 0. The molecule has 0 N–H and O–H groups in total. The molecule has 216 valence electrons. The normalized spacial score (nSPS) is 10.7. The number of hydrogen-bond donors (Lipinski definition) is 0. The predicted molar refractivity (Wildman–Crippen MR) is 172 cm³/mol. The third kappa shape index (κ3) is 7.84. The fourth-order valence-electron chi connectivity index (χ4n) is 5.28. The van der Waals surface area contributed by atoms with Crippen molar-refractivity contribution in [2.75, 3.05) is 0 Å². The number of rotatable bonds is 10. The van der Waals surface area contributed by atoms with Gasteiger partial charge in [0, 0.05) is 36.4 Å². The van der Waals surface area contributed by atoms with Crippen LogP contribution in [-0.2, 0) is 25.7 Å². The fraction of sp³-hybridized carbons (Fsp3) is 0.103. The van der Waals surface area contributed by atoms with Gasteiger partial charge < -0.3 is 9.47 Å². The Kier molecular flexibility index (Phi) is 9.14. The average molecular weight is 577 g/mol. The second-order valence-corrected chi connectivity index (χ2v) is 10.7. The molecule has 0 amide bonds. The zero-order chi connectivity index (χ0) is 30.0. The van der Waals surface area contributed by atoms with E-state index in [1.807, 2.05) is 36.4 Å². The van der Waals surface area contributed by atoms with Crippen molar-refractivity contribution in [3.05, 3.63) is 190 Å². The second-order valence-electron chi connectivity index (χ2n) is 10.7. The summed E-state index contributed by atoms with van der Waals surface area (Å²) in [7, 11) is 0. The van der Waals surface area contributed by atoms with Crippen molar-refractivity contribution in [3.63, 3.8) is 0 Å². The van der Waals surface area contributed by atoms with Gasteiger partial charge in [-0.3, -0.25) is 0 Å². The Hall–Kier alpha value is -5.55.